The Morgan fingerprint density at radius 2 is 2.06 bits per heavy atom. The molecule has 0 saturated carbocycles. The summed E-state index contributed by atoms with van der Waals surface area (Å²) in [5, 5.41) is 0. The predicted molar refractivity (Wildman–Crippen MR) is 72.3 cm³/mol. The maximum absolute atomic E-state index is 6.04. The van der Waals surface area contributed by atoms with Gasteiger partial charge < -0.3 is 15.5 Å². The first kappa shape index (κ1) is 12.2. The highest BCUT2D eigenvalue weighted by molar-refractivity contribution is 5.63. The quantitative estimate of drug-likeness (QED) is 0.842. The molecule has 94 valence electrons. The molecule has 0 spiro atoms. The third kappa shape index (κ3) is 2.69. The van der Waals surface area contributed by atoms with Crippen molar-refractivity contribution in [3.8, 4) is 0 Å². The number of hydrogen-bond acceptors (Lipinski definition) is 4. The van der Waals surface area contributed by atoms with Gasteiger partial charge in [0.25, 0.3) is 0 Å². The fraction of sp³-hybridized carbons (Fsp3) is 0.615. The Morgan fingerprint density at radius 3 is 2.65 bits per heavy atom. The standard InChI is InChI=1S/C13H22N4/c1-10-8-12(14)13(15-9-10)17(3)11-4-6-16(2)7-5-11/h8-9,11H,4-7,14H2,1-3H3. The summed E-state index contributed by atoms with van der Waals surface area (Å²) in [4.78, 5) is 9.07. The molecule has 1 fully saturated rings. The molecule has 1 aromatic heterocycles. The number of nitrogens with zero attached hydrogens (tertiary/aromatic N) is 3. The number of likely N-dealkylation sites (tertiary alicyclic amines) is 1. The van der Waals surface area contributed by atoms with Crippen LogP contribution in [0.3, 0.4) is 0 Å². The van der Waals surface area contributed by atoms with Crippen LogP contribution < -0.4 is 10.6 Å². The molecule has 0 amide bonds. The molecule has 1 saturated heterocycles. The van der Waals surface area contributed by atoms with Gasteiger partial charge in [0.15, 0.2) is 5.82 Å². The van der Waals surface area contributed by atoms with Gasteiger partial charge in [-0.25, -0.2) is 4.98 Å². The maximum Gasteiger partial charge on any atom is 0.151 e. The molecule has 0 aliphatic carbocycles. The summed E-state index contributed by atoms with van der Waals surface area (Å²) < 4.78 is 0. The first-order valence-electron chi connectivity index (χ1n) is 6.21. The van der Waals surface area contributed by atoms with E-state index in [1.54, 1.807) is 0 Å². The number of nitrogens with two attached hydrogens (primary N) is 1. The van der Waals surface area contributed by atoms with Crippen LogP contribution in [0.25, 0.3) is 0 Å². The number of hydrogen-bond donors (Lipinski definition) is 1. The molecule has 0 unspecified atom stereocenters. The second kappa shape index (κ2) is 4.92. The summed E-state index contributed by atoms with van der Waals surface area (Å²) in [7, 11) is 4.28. The number of nitrogen functional groups attached to an aromatic ring is 1. The van der Waals surface area contributed by atoms with Gasteiger partial charge in [0, 0.05) is 19.3 Å². The zero-order valence-corrected chi connectivity index (χ0v) is 11.0. The lowest BCUT2D eigenvalue weighted by Crippen LogP contribution is -2.42. The number of anilines is 2. The van der Waals surface area contributed by atoms with E-state index in [-0.39, 0.29) is 0 Å². The van der Waals surface area contributed by atoms with Crippen molar-refractivity contribution in [2.24, 2.45) is 0 Å². The number of rotatable bonds is 2. The fourth-order valence-electron chi connectivity index (χ4n) is 2.43. The number of aromatic nitrogens is 1. The topological polar surface area (TPSA) is 45.4 Å². The largest absolute Gasteiger partial charge is 0.396 e. The molecule has 4 heteroatoms. The highest BCUT2D eigenvalue weighted by Gasteiger charge is 2.22. The van der Waals surface area contributed by atoms with Gasteiger partial charge >= 0.3 is 0 Å². The Morgan fingerprint density at radius 1 is 1.41 bits per heavy atom. The second-order valence-corrected chi connectivity index (χ2v) is 5.07. The van der Waals surface area contributed by atoms with Crippen LogP contribution in [0, 0.1) is 6.92 Å². The molecule has 2 heterocycles. The van der Waals surface area contributed by atoms with Crippen LogP contribution in [0.4, 0.5) is 11.5 Å². The zero-order chi connectivity index (χ0) is 12.4. The van der Waals surface area contributed by atoms with E-state index in [0.29, 0.717) is 6.04 Å². The van der Waals surface area contributed by atoms with Crippen molar-refractivity contribution >= 4 is 11.5 Å². The molecule has 2 N–H and O–H groups in total. The Balaban J connectivity index is 2.11. The molecule has 1 aliphatic rings. The van der Waals surface area contributed by atoms with Gasteiger partial charge in [0.1, 0.15) is 0 Å². The highest BCUT2D eigenvalue weighted by Crippen LogP contribution is 2.25. The minimum atomic E-state index is 0.559. The summed E-state index contributed by atoms with van der Waals surface area (Å²) in [6, 6.07) is 2.55. The molecule has 0 radical (unpaired) electrons. The first-order valence-corrected chi connectivity index (χ1v) is 6.21. The Labute approximate surface area is 103 Å². The lowest BCUT2D eigenvalue weighted by atomic mass is 10.0. The van der Waals surface area contributed by atoms with Crippen LogP contribution in [-0.2, 0) is 0 Å². The number of piperidine rings is 1. The van der Waals surface area contributed by atoms with Gasteiger partial charge in [-0.15, -0.1) is 0 Å². The SMILES string of the molecule is Cc1cnc(N(C)C2CCN(C)CC2)c(N)c1. The molecule has 1 aromatic rings. The van der Waals surface area contributed by atoms with Gasteiger partial charge in [0.05, 0.1) is 5.69 Å². The van der Waals surface area contributed by atoms with Crippen molar-refractivity contribution in [3.63, 3.8) is 0 Å². The summed E-state index contributed by atoms with van der Waals surface area (Å²) in [5.41, 5.74) is 7.94. The summed E-state index contributed by atoms with van der Waals surface area (Å²) in [5.74, 6) is 0.921. The second-order valence-electron chi connectivity index (χ2n) is 5.07. The van der Waals surface area contributed by atoms with Gasteiger partial charge in [-0.05, 0) is 51.5 Å². The minimum absolute atomic E-state index is 0.559. The van der Waals surface area contributed by atoms with Crippen LogP contribution in [0.5, 0.6) is 0 Å². The first-order chi connectivity index (χ1) is 8.08. The van der Waals surface area contributed by atoms with Crippen molar-refractivity contribution in [2.75, 3.05) is 37.8 Å². The van der Waals surface area contributed by atoms with Crippen molar-refractivity contribution in [1.29, 1.82) is 0 Å². The average Bonchev–Trinajstić information content (AvgIpc) is 2.29. The van der Waals surface area contributed by atoms with Crippen LogP contribution in [-0.4, -0.2) is 43.1 Å². The normalized spacial score (nSPS) is 18.3. The van der Waals surface area contributed by atoms with Gasteiger partial charge in [-0.2, -0.15) is 0 Å². The Bertz CT molecular complexity index is 383. The van der Waals surface area contributed by atoms with Crippen molar-refractivity contribution in [1.82, 2.24) is 9.88 Å². The third-order valence-electron chi connectivity index (χ3n) is 3.60. The van der Waals surface area contributed by atoms with Crippen LogP contribution in [0.1, 0.15) is 18.4 Å². The molecule has 1 aliphatic heterocycles. The van der Waals surface area contributed by atoms with E-state index < -0.39 is 0 Å². The fourth-order valence-corrected chi connectivity index (χ4v) is 2.43. The smallest absolute Gasteiger partial charge is 0.151 e. The van der Waals surface area contributed by atoms with E-state index in [0.717, 1.165) is 30.2 Å². The Hall–Kier alpha value is -1.29. The lowest BCUT2D eigenvalue weighted by Gasteiger charge is -2.36. The summed E-state index contributed by atoms with van der Waals surface area (Å²) >= 11 is 0. The molecule has 2 rings (SSSR count). The van der Waals surface area contributed by atoms with E-state index in [1.165, 1.54) is 12.8 Å². The number of aryl methyl sites for hydroxylation is 1. The van der Waals surface area contributed by atoms with Crippen LogP contribution in [0.2, 0.25) is 0 Å². The van der Waals surface area contributed by atoms with E-state index in [4.69, 9.17) is 5.73 Å². The van der Waals surface area contributed by atoms with Crippen molar-refractivity contribution in [2.45, 2.75) is 25.8 Å². The molecule has 4 nitrogen and oxygen atoms in total. The third-order valence-corrected chi connectivity index (χ3v) is 3.60. The average molecular weight is 234 g/mol. The van der Waals surface area contributed by atoms with Crippen molar-refractivity contribution in [3.05, 3.63) is 17.8 Å². The van der Waals surface area contributed by atoms with Crippen molar-refractivity contribution < 1.29 is 0 Å². The van der Waals surface area contributed by atoms with Crippen LogP contribution >= 0.6 is 0 Å². The molecule has 0 bridgehead atoms. The van der Waals surface area contributed by atoms with E-state index in [1.807, 2.05) is 19.2 Å². The molecule has 0 atom stereocenters. The minimum Gasteiger partial charge on any atom is -0.396 e. The van der Waals surface area contributed by atoms with Crippen LogP contribution in [0.15, 0.2) is 12.3 Å². The Kier molecular flexibility index (Phi) is 3.52. The van der Waals surface area contributed by atoms with Gasteiger partial charge in [-0.1, -0.05) is 0 Å². The predicted octanol–water partition coefficient (Wildman–Crippen LogP) is 1.50. The lowest BCUT2D eigenvalue weighted by molar-refractivity contribution is 0.252. The number of pyridine rings is 1. The molecular formula is C13H22N4. The van der Waals surface area contributed by atoms with Gasteiger partial charge in [-0.3, -0.25) is 0 Å². The zero-order valence-electron chi connectivity index (χ0n) is 11.0. The van der Waals surface area contributed by atoms with E-state index >= 15 is 0 Å². The highest BCUT2D eigenvalue weighted by atomic mass is 15.2. The van der Waals surface area contributed by atoms with E-state index in [9.17, 15) is 0 Å². The monoisotopic (exact) mass is 234 g/mol. The molecular weight excluding hydrogens is 212 g/mol. The summed E-state index contributed by atoms with van der Waals surface area (Å²) in [6.45, 7) is 4.32. The molecule has 0 aromatic carbocycles. The van der Waals surface area contributed by atoms with Gasteiger partial charge in [0.2, 0.25) is 0 Å². The summed E-state index contributed by atoms with van der Waals surface area (Å²) in [6.07, 6.45) is 4.25. The molecule has 17 heavy (non-hydrogen) atoms. The van der Waals surface area contributed by atoms with E-state index in [2.05, 4.69) is 28.9 Å². The maximum atomic E-state index is 6.04.